The van der Waals surface area contributed by atoms with E-state index >= 15 is 0 Å². The number of nitrogens with one attached hydrogen (secondary N) is 2. The summed E-state index contributed by atoms with van der Waals surface area (Å²) in [5.74, 6) is -0.441. The second-order valence-corrected chi connectivity index (χ2v) is 14.6. The molecule has 0 saturated heterocycles. The van der Waals surface area contributed by atoms with Gasteiger partial charge in [0.2, 0.25) is 0 Å². The predicted molar refractivity (Wildman–Crippen MR) is 210 cm³/mol. The minimum absolute atomic E-state index is 0.336. The molecule has 5 rings (SSSR count). The molecule has 0 atom stereocenters. The number of unbranched alkanes of at least 4 members (excludes halogenated alkanes) is 7. The highest BCUT2D eigenvalue weighted by molar-refractivity contribution is 6.25. The van der Waals surface area contributed by atoms with E-state index in [0.717, 1.165) is 74.6 Å². The Bertz CT molecular complexity index is 2040. The van der Waals surface area contributed by atoms with E-state index in [4.69, 9.17) is 9.47 Å². The van der Waals surface area contributed by atoms with Crippen LogP contribution in [0.4, 0.5) is 16.2 Å². The standard InChI is InChI=1S/C44H52N2O5/c1-7-8-9-10-11-12-13-14-21-50-42(48)32-24-35(26-36(25-32)46-43(49)51-44(4,5)6)45-27-33-22-31-23-34(28-47)38-20-16-18-30(3)40(38)41(31)39-29(2)17-15-19-37(33)39/h15-20,22-26,28,45H,7-14,21,27H2,1-6H3,(H,46,49). The summed E-state index contributed by atoms with van der Waals surface area (Å²) in [6.07, 6.45) is 9.57. The maximum atomic E-state index is 13.3. The van der Waals surface area contributed by atoms with Gasteiger partial charge >= 0.3 is 12.1 Å². The molecule has 0 bridgehead atoms. The van der Waals surface area contributed by atoms with Crippen molar-refractivity contribution >= 4 is 62.0 Å². The topological polar surface area (TPSA) is 93.7 Å². The fraction of sp³-hybridized carbons (Fsp3) is 0.386. The SMILES string of the molecule is CCCCCCCCCCOC(=O)c1cc(NCc2cc3cc(C=O)c4cccc(C)c4c3c3c(C)cccc23)cc(NC(=O)OC(C)(C)C)c1. The van der Waals surface area contributed by atoms with Crippen LogP contribution in [-0.2, 0) is 16.0 Å². The molecule has 7 heteroatoms. The number of esters is 1. The third-order valence-electron chi connectivity index (χ3n) is 9.29. The molecule has 268 valence electrons. The number of hydrogen-bond acceptors (Lipinski definition) is 6. The summed E-state index contributed by atoms with van der Waals surface area (Å²) in [6.45, 7) is 12.6. The van der Waals surface area contributed by atoms with Crippen LogP contribution in [0.5, 0.6) is 0 Å². The van der Waals surface area contributed by atoms with Gasteiger partial charge in [0.05, 0.1) is 12.2 Å². The molecule has 5 aromatic rings. The molecule has 2 N–H and O–H groups in total. The van der Waals surface area contributed by atoms with Gasteiger partial charge in [-0.05, 0) is 120 Å². The molecule has 1 amide bonds. The highest BCUT2D eigenvalue weighted by atomic mass is 16.6. The molecule has 0 aliphatic rings. The van der Waals surface area contributed by atoms with Gasteiger partial charge in [0.1, 0.15) is 5.60 Å². The van der Waals surface area contributed by atoms with E-state index in [1.165, 1.54) is 32.1 Å². The number of aldehydes is 1. The summed E-state index contributed by atoms with van der Waals surface area (Å²) in [4.78, 5) is 38.2. The van der Waals surface area contributed by atoms with Gasteiger partial charge < -0.3 is 14.8 Å². The maximum Gasteiger partial charge on any atom is 0.412 e. The Morgan fingerprint density at radius 2 is 1.37 bits per heavy atom. The highest BCUT2D eigenvalue weighted by Gasteiger charge is 2.19. The number of anilines is 2. The van der Waals surface area contributed by atoms with Crippen molar-refractivity contribution in [3.63, 3.8) is 0 Å². The third-order valence-corrected chi connectivity index (χ3v) is 9.29. The number of carbonyl (C=O) groups excluding carboxylic acids is 3. The first-order chi connectivity index (χ1) is 24.5. The second-order valence-electron chi connectivity index (χ2n) is 14.6. The Morgan fingerprint density at radius 1 is 0.745 bits per heavy atom. The molecule has 0 unspecified atom stereocenters. The van der Waals surface area contributed by atoms with E-state index < -0.39 is 17.7 Å². The molecule has 7 nitrogen and oxygen atoms in total. The number of ether oxygens (including phenoxy) is 2. The summed E-state index contributed by atoms with van der Waals surface area (Å²) >= 11 is 0. The maximum absolute atomic E-state index is 13.3. The van der Waals surface area contributed by atoms with Crippen molar-refractivity contribution in [3.8, 4) is 0 Å². The summed E-state index contributed by atoms with van der Waals surface area (Å²) in [7, 11) is 0. The van der Waals surface area contributed by atoms with Crippen LogP contribution in [0, 0.1) is 13.8 Å². The Labute approximate surface area is 302 Å². The molecular formula is C44H52N2O5. The molecule has 5 aromatic carbocycles. The van der Waals surface area contributed by atoms with Crippen molar-refractivity contribution in [1.29, 1.82) is 0 Å². The molecule has 0 spiro atoms. The van der Waals surface area contributed by atoms with Gasteiger partial charge in [0.15, 0.2) is 6.29 Å². The van der Waals surface area contributed by atoms with Gasteiger partial charge in [-0.15, -0.1) is 0 Å². The summed E-state index contributed by atoms with van der Waals surface area (Å²) < 4.78 is 11.2. The monoisotopic (exact) mass is 688 g/mol. The number of benzene rings is 5. The lowest BCUT2D eigenvalue weighted by Gasteiger charge is -2.20. The van der Waals surface area contributed by atoms with Crippen LogP contribution in [0.3, 0.4) is 0 Å². The molecule has 0 aliphatic heterocycles. The highest BCUT2D eigenvalue weighted by Crippen LogP contribution is 2.39. The van der Waals surface area contributed by atoms with Crippen LogP contribution in [0.2, 0.25) is 0 Å². The fourth-order valence-corrected chi connectivity index (χ4v) is 6.88. The zero-order valence-corrected chi connectivity index (χ0v) is 31.0. The first kappa shape index (κ1) is 37.3. The van der Waals surface area contributed by atoms with Crippen molar-refractivity contribution in [2.45, 2.75) is 105 Å². The zero-order valence-electron chi connectivity index (χ0n) is 31.0. The van der Waals surface area contributed by atoms with Crippen LogP contribution in [0.25, 0.3) is 32.3 Å². The predicted octanol–water partition coefficient (Wildman–Crippen LogP) is 11.8. The summed E-state index contributed by atoms with van der Waals surface area (Å²) in [5.41, 5.74) is 4.68. The minimum atomic E-state index is -0.680. The van der Waals surface area contributed by atoms with Crippen LogP contribution >= 0.6 is 0 Å². The second kappa shape index (κ2) is 16.9. The fourth-order valence-electron chi connectivity index (χ4n) is 6.88. The lowest BCUT2D eigenvalue weighted by molar-refractivity contribution is 0.0496. The van der Waals surface area contributed by atoms with Crippen LogP contribution in [-0.4, -0.2) is 30.6 Å². The van der Waals surface area contributed by atoms with Gasteiger partial charge in [-0.3, -0.25) is 10.1 Å². The van der Waals surface area contributed by atoms with E-state index in [1.54, 1.807) is 39.0 Å². The minimum Gasteiger partial charge on any atom is -0.462 e. The Balaban J connectivity index is 1.43. The number of hydrogen-bond donors (Lipinski definition) is 2. The van der Waals surface area contributed by atoms with Gasteiger partial charge in [0.25, 0.3) is 0 Å². The van der Waals surface area contributed by atoms with Crippen molar-refractivity contribution < 1.29 is 23.9 Å². The van der Waals surface area contributed by atoms with E-state index in [0.29, 0.717) is 35.7 Å². The lowest BCUT2D eigenvalue weighted by atomic mass is 9.88. The zero-order chi connectivity index (χ0) is 36.5. The molecule has 0 fully saturated rings. The lowest BCUT2D eigenvalue weighted by Crippen LogP contribution is -2.27. The van der Waals surface area contributed by atoms with Crippen LogP contribution < -0.4 is 10.6 Å². The summed E-state index contributed by atoms with van der Waals surface area (Å²) in [6, 6.07) is 21.7. The van der Waals surface area contributed by atoms with Crippen molar-refractivity contribution in [2.75, 3.05) is 17.2 Å². The number of aryl methyl sites for hydroxylation is 2. The van der Waals surface area contributed by atoms with E-state index in [9.17, 15) is 14.4 Å². The quantitative estimate of drug-likeness (QED) is 0.0492. The van der Waals surface area contributed by atoms with Crippen molar-refractivity contribution in [2.24, 2.45) is 0 Å². The molecule has 0 saturated carbocycles. The molecular weight excluding hydrogens is 636 g/mol. The van der Waals surface area contributed by atoms with Gasteiger partial charge in [-0.1, -0.05) is 88.3 Å². The van der Waals surface area contributed by atoms with Gasteiger partial charge in [-0.25, -0.2) is 9.59 Å². The molecule has 0 aromatic heterocycles. The van der Waals surface area contributed by atoms with E-state index in [2.05, 4.69) is 61.7 Å². The summed E-state index contributed by atoms with van der Waals surface area (Å²) in [5, 5.41) is 12.7. The van der Waals surface area contributed by atoms with Crippen LogP contribution in [0.15, 0.2) is 66.7 Å². The Hall–Kier alpha value is -4.91. The third kappa shape index (κ3) is 9.46. The van der Waals surface area contributed by atoms with E-state index in [1.807, 2.05) is 18.2 Å². The number of rotatable bonds is 15. The number of amides is 1. The number of fused-ring (bicyclic) bond motifs is 5. The average molecular weight is 689 g/mol. The first-order valence-electron chi connectivity index (χ1n) is 18.4. The number of carbonyl (C=O) groups is 3. The average Bonchev–Trinajstić information content (AvgIpc) is 3.08. The molecule has 0 radical (unpaired) electrons. The van der Waals surface area contributed by atoms with Crippen LogP contribution in [0.1, 0.15) is 116 Å². The largest absolute Gasteiger partial charge is 0.462 e. The Kier molecular flexibility index (Phi) is 12.4. The van der Waals surface area contributed by atoms with Crippen molar-refractivity contribution in [1.82, 2.24) is 0 Å². The normalized spacial score (nSPS) is 11.6. The Morgan fingerprint density at radius 3 is 2.04 bits per heavy atom. The van der Waals surface area contributed by atoms with E-state index in [-0.39, 0.29) is 0 Å². The smallest absolute Gasteiger partial charge is 0.412 e. The first-order valence-corrected chi connectivity index (χ1v) is 18.4. The van der Waals surface area contributed by atoms with Gasteiger partial charge in [0, 0.05) is 23.5 Å². The molecule has 0 aliphatic carbocycles. The van der Waals surface area contributed by atoms with Crippen molar-refractivity contribution in [3.05, 3.63) is 94.5 Å². The molecule has 51 heavy (non-hydrogen) atoms. The van der Waals surface area contributed by atoms with Gasteiger partial charge in [-0.2, -0.15) is 0 Å². The molecule has 0 heterocycles.